The van der Waals surface area contributed by atoms with Crippen molar-refractivity contribution < 1.29 is 0 Å². The van der Waals surface area contributed by atoms with Crippen molar-refractivity contribution in [2.75, 3.05) is 19.6 Å². The standard InChI is InChI=1S/C15H24N2/c1-15(2,8-9-16)14-5-3-12(4-6-14)13-7-10-17-11-13/h3-6,13,17H,7-11,16H2,1-2H3. The fraction of sp³-hybridized carbons (Fsp3) is 0.600. The maximum atomic E-state index is 5.67. The van der Waals surface area contributed by atoms with Crippen molar-refractivity contribution in [3.05, 3.63) is 35.4 Å². The molecule has 0 aliphatic carbocycles. The minimum atomic E-state index is 0.196. The summed E-state index contributed by atoms with van der Waals surface area (Å²) in [7, 11) is 0. The van der Waals surface area contributed by atoms with E-state index < -0.39 is 0 Å². The molecular formula is C15H24N2. The molecule has 2 nitrogen and oxygen atoms in total. The van der Waals surface area contributed by atoms with Crippen LogP contribution in [0, 0.1) is 0 Å². The average molecular weight is 232 g/mol. The molecule has 1 saturated heterocycles. The topological polar surface area (TPSA) is 38.0 Å². The molecule has 0 saturated carbocycles. The number of nitrogens with one attached hydrogen (secondary N) is 1. The Hall–Kier alpha value is -0.860. The lowest BCUT2D eigenvalue weighted by Crippen LogP contribution is -2.21. The average Bonchev–Trinajstić information content (AvgIpc) is 2.82. The van der Waals surface area contributed by atoms with Crippen LogP contribution in [0.3, 0.4) is 0 Å². The molecule has 1 unspecified atom stereocenters. The van der Waals surface area contributed by atoms with Crippen molar-refractivity contribution in [1.82, 2.24) is 5.32 Å². The van der Waals surface area contributed by atoms with E-state index in [2.05, 4.69) is 43.4 Å². The van der Waals surface area contributed by atoms with Gasteiger partial charge in [-0.05, 0) is 48.4 Å². The highest BCUT2D eigenvalue weighted by Crippen LogP contribution is 2.29. The van der Waals surface area contributed by atoms with E-state index in [9.17, 15) is 0 Å². The molecule has 1 aromatic carbocycles. The molecule has 1 fully saturated rings. The molecule has 0 bridgehead atoms. The summed E-state index contributed by atoms with van der Waals surface area (Å²) >= 11 is 0. The number of hydrogen-bond acceptors (Lipinski definition) is 2. The van der Waals surface area contributed by atoms with Crippen LogP contribution in [0.25, 0.3) is 0 Å². The Labute approximate surface area is 105 Å². The van der Waals surface area contributed by atoms with Gasteiger partial charge in [-0.1, -0.05) is 38.1 Å². The van der Waals surface area contributed by atoms with Gasteiger partial charge in [-0.15, -0.1) is 0 Å². The Morgan fingerprint density at radius 3 is 2.53 bits per heavy atom. The third-order valence-electron chi connectivity index (χ3n) is 3.99. The first kappa shape index (κ1) is 12.6. The zero-order valence-corrected chi connectivity index (χ0v) is 11.0. The second-order valence-electron chi connectivity index (χ2n) is 5.73. The van der Waals surface area contributed by atoms with Crippen molar-refractivity contribution in [2.24, 2.45) is 5.73 Å². The zero-order valence-electron chi connectivity index (χ0n) is 11.0. The van der Waals surface area contributed by atoms with E-state index in [0.717, 1.165) is 26.1 Å². The number of nitrogens with two attached hydrogens (primary N) is 1. The first-order valence-electron chi connectivity index (χ1n) is 6.65. The van der Waals surface area contributed by atoms with Gasteiger partial charge < -0.3 is 11.1 Å². The molecule has 0 aromatic heterocycles. The molecule has 2 heteroatoms. The predicted octanol–water partition coefficient (Wildman–Crippen LogP) is 2.39. The maximum absolute atomic E-state index is 5.67. The third kappa shape index (κ3) is 2.88. The van der Waals surface area contributed by atoms with Crippen LogP contribution in [0.1, 0.15) is 43.7 Å². The zero-order chi connectivity index (χ0) is 12.3. The van der Waals surface area contributed by atoms with Crippen LogP contribution in [0.5, 0.6) is 0 Å². The monoisotopic (exact) mass is 232 g/mol. The van der Waals surface area contributed by atoms with Gasteiger partial charge >= 0.3 is 0 Å². The molecule has 1 aliphatic rings. The van der Waals surface area contributed by atoms with Gasteiger partial charge in [-0.3, -0.25) is 0 Å². The summed E-state index contributed by atoms with van der Waals surface area (Å²) in [5, 5.41) is 3.42. The lowest BCUT2D eigenvalue weighted by molar-refractivity contribution is 0.487. The van der Waals surface area contributed by atoms with Crippen molar-refractivity contribution in [3.8, 4) is 0 Å². The Balaban J connectivity index is 2.12. The summed E-state index contributed by atoms with van der Waals surface area (Å²) in [4.78, 5) is 0. The van der Waals surface area contributed by atoms with Crippen LogP contribution in [0.2, 0.25) is 0 Å². The Morgan fingerprint density at radius 2 is 2.00 bits per heavy atom. The molecule has 3 N–H and O–H groups in total. The van der Waals surface area contributed by atoms with Crippen LogP contribution in [0.4, 0.5) is 0 Å². The van der Waals surface area contributed by atoms with Crippen molar-refractivity contribution in [1.29, 1.82) is 0 Å². The summed E-state index contributed by atoms with van der Waals surface area (Å²) in [6.45, 7) is 7.58. The highest BCUT2D eigenvalue weighted by Gasteiger charge is 2.21. The van der Waals surface area contributed by atoms with Crippen LogP contribution >= 0.6 is 0 Å². The Bertz CT molecular complexity index is 348. The van der Waals surface area contributed by atoms with E-state index in [1.54, 1.807) is 0 Å². The fourth-order valence-corrected chi connectivity index (χ4v) is 2.65. The van der Waals surface area contributed by atoms with Gasteiger partial charge in [0.1, 0.15) is 0 Å². The quantitative estimate of drug-likeness (QED) is 0.836. The largest absolute Gasteiger partial charge is 0.330 e. The molecule has 94 valence electrons. The van der Waals surface area contributed by atoms with Gasteiger partial charge in [0.2, 0.25) is 0 Å². The van der Waals surface area contributed by atoms with Crippen LogP contribution in [0.15, 0.2) is 24.3 Å². The summed E-state index contributed by atoms with van der Waals surface area (Å²) in [5.74, 6) is 0.710. The van der Waals surface area contributed by atoms with E-state index >= 15 is 0 Å². The molecule has 0 spiro atoms. The van der Waals surface area contributed by atoms with Crippen molar-refractivity contribution in [2.45, 2.75) is 38.0 Å². The number of benzene rings is 1. The van der Waals surface area contributed by atoms with Gasteiger partial charge in [-0.2, -0.15) is 0 Å². The van der Waals surface area contributed by atoms with E-state index in [1.165, 1.54) is 17.5 Å². The smallest absolute Gasteiger partial charge is 0.00206 e. The van der Waals surface area contributed by atoms with Gasteiger partial charge in [0, 0.05) is 6.54 Å². The van der Waals surface area contributed by atoms with Gasteiger partial charge in [0.25, 0.3) is 0 Å². The van der Waals surface area contributed by atoms with Crippen LogP contribution in [-0.4, -0.2) is 19.6 Å². The van der Waals surface area contributed by atoms with Crippen LogP contribution in [-0.2, 0) is 5.41 Å². The third-order valence-corrected chi connectivity index (χ3v) is 3.99. The predicted molar refractivity (Wildman–Crippen MR) is 73.4 cm³/mol. The molecule has 1 aromatic rings. The Kier molecular flexibility index (Phi) is 3.85. The van der Waals surface area contributed by atoms with Gasteiger partial charge in [0.15, 0.2) is 0 Å². The maximum Gasteiger partial charge on any atom is 0.00206 e. The molecule has 0 radical (unpaired) electrons. The van der Waals surface area contributed by atoms with Gasteiger partial charge in [-0.25, -0.2) is 0 Å². The van der Waals surface area contributed by atoms with E-state index in [0.29, 0.717) is 5.92 Å². The molecular weight excluding hydrogens is 208 g/mol. The fourth-order valence-electron chi connectivity index (χ4n) is 2.65. The SMILES string of the molecule is CC(C)(CCN)c1ccc(C2CCNC2)cc1. The van der Waals surface area contributed by atoms with E-state index in [1.807, 2.05) is 0 Å². The number of rotatable bonds is 4. The Morgan fingerprint density at radius 1 is 1.29 bits per heavy atom. The van der Waals surface area contributed by atoms with E-state index in [4.69, 9.17) is 5.73 Å². The van der Waals surface area contributed by atoms with E-state index in [-0.39, 0.29) is 5.41 Å². The molecule has 2 rings (SSSR count). The minimum absolute atomic E-state index is 0.196. The minimum Gasteiger partial charge on any atom is -0.330 e. The highest BCUT2D eigenvalue weighted by molar-refractivity contribution is 5.30. The molecule has 1 aliphatic heterocycles. The second kappa shape index (κ2) is 5.19. The summed E-state index contributed by atoms with van der Waals surface area (Å²) < 4.78 is 0. The lowest BCUT2D eigenvalue weighted by Gasteiger charge is -2.25. The second-order valence-corrected chi connectivity index (χ2v) is 5.73. The van der Waals surface area contributed by atoms with Crippen molar-refractivity contribution in [3.63, 3.8) is 0 Å². The van der Waals surface area contributed by atoms with Gasteiger partial charge in [0.05, 0.1) is 0 Å². The first-order valence-corrected chi connectivity index (χ1v) is 6.65. The summed E-state index contributed by atoms with van der Waals surface area (Å²) in [6, 6.07) is 9.16. The summed E-state index contributed by atoms with van der Waals surface area (Å²) in [6.07, 6.45) is 2.31. The lowest BCUT2D eigenvalue weighted by atomic mass is 9.81. The molecule has 17 heavy (non-hydrogen) atoms. The first-order chi connectivity index (χ1) is 8.13. The molecule has 1 atom stereocenters. The molecule has 1 heterocycles. The van der Waals surface area contributed by atoms with Crippen molar-refractivity contribution >= 4 is 0 Å². The number of hydrogen-bond donors (Lipinski definition) is 2. The normalized spacial score (nSPS) is 20.8. The molecule has 0 amide bonds. The highest BCUT2D eigenvalue weighted by atomic mass is 14.9. The summed E-state index contributed by atoms with van der Waals surface area (Å²) in [5.41, 5.74) is 8.74. The van der Waals surface area contributed by atoms with Crippen LogP contribution < -0.4 is 11.1 Å².